The molecule has 0 radical (unpaired) electrons. The lowest BCUT2D eigenvalue weighted by Crippen LogP contribution is -2.40. The number of anilines is 1. The minimum atomic E-state index is 0.517. The normalized spacial score (nSPS) is 26.2. The first-order chi connectivity index (χ1) is 8.11. The molecule has 0 saturated carbocycles. The Hall–Kier alpha value is -0.610. The zero-order chi connectivity index (χ0) is 12.3. The van der Waals surface area contributed by atoms with E-state index in [9.17, 15) is 0 Å². The molecule has 2 heterocycles. The highest BCUT2D eigenvalue weighted by Crippen LogP contribution is 2.34. The number of nitrogens with two attached hydrogens (primary N) is 1. The van der Waals surface area contributed by atoms with Crippen molar-refractivity contribution in [1.29, 1.82) is 0 Å². The molecule has 0 aliphatic carbocycles. The number of thiazole rings is 1. The summed E-state index contributed by atoms with van der Waals surface area (Å²) in [6.45, 7) is 8.18. The van der Waals surface area contributed by atoms with Crippen molar-refractivity contribution in [3.63, 3.8) is 0 Å². The van der Waals surface area contributed by atoms with Crippen molar-refractivity contribution in [1.82, 2.24) is 9.88 Å². The first-order valence-electron chi connectivity index (χ1n) is 6.54. The third-order valence-corrected chi connectivity index (χ3v) is 4.48. The van der Waals surface area contributed by atoms with E-state index in [1.54, 1.807) is 11.3 Å². The molecule has 0 aromatic carbocycles. The summed E-state index contributed by atoms with van der Waals surface area (Å²) >= 11 is 1.62. The molecule has 3 nitrogen and oxygen atoms in total. The molecule has 0 bridgehead atoms. The van der Waals surface area contributed by atoms with Gasteiger partial charge in [0.05, 0.1) is 0 Å². The Morgan fingerprint density at radius 1 is 1.59 bits per heavy atom. The zero-order valence-corrected chi connectivity index (χ0v) is 11.7. The fourth-order valence-corrected chi connectivity index (χ4v) is 3.71. The second-order valence-electron chi connectivity index (χ2n) is 5.54. The third-order valence-electron chi connectivity index (χ3n) is 3.66. The Kier molecular flexibility index (Phi) is 4.05. The Morgan fingerprint density at radius 3 is 3.06 bits per heavy atom. The van der Waals surface area contributed by atoms with Crippen molar-refractivity contribution < 1.29 is 0 Å². The van der Waals surface area contributed by atoms with Crippen LogP contribution < -0.4 is 5.73 Å². The highest BCUT2D eigenvalue weighted by atomic mass is 32.1. The number of aromatic nitrogens is 1. The smallest absolute Gasteiger partial charge is 0.180 e. The molecular weight excluding hydrogens is 230 g/mol. The van der Waals surface area contributed by atoms with Gasteiger partial charge in [-0.15, -0.1) is 11.3 Å². The van der Waals surface area contributed by atoms with Crippen molar-refractivity contribution in [3.05, 3.63) is 11.1 Å². The molecule has 1 saturated heterocycles. The van der Waals surface area contributed by atoms with Crippen LogP contribution in [0.2, 0.25) is 0 Å². The predicted octanol–water partition coefficient (Wildman–Crippen LogP) is 3.13. The van der Waals surface area contributed by atoms with E-state index in [1.165, 1.54) is 43.6 Å². The molecule has 4 heteroatoms. The maximum Gasteiger partial charge on any atom is 0.180 e. The van der Waals surface area contributed by atoms with Crippen LogP contribution in [-0.2, 0) is 6.54 Å². The third kappa shape index (κ3) is 3.42. The van der Waals surface area contributed by atoms with E-state index >= 15 is 0 Å². The van der Waals surface area contributed by atoms with E-state index in [-0.39, 0.29) is 0 Å². The van der Waals surface area contributed by atoms with E-state index in [0.29, 0.717) is 10.5 Å². The van der Waals surface area contributed by atoms with Gasteiger partial charge in [-0.05, 0) is 31.2 Å². The Bertz CT molecular complexity index is 359. The monoisotopic (exact) mass is 253 g/mol. The number of rotatable bonds is 4. The van der Waals surface area contributed by atoms with Crippen molar-refractivity contribution in [2.24, 2.45) is 5.41 Å². The van der Waals surface area contributed by atoms with Gasteiger partial charge < -0.3 is 5.73 Å². The lowest BCUT2D eigenvalue weighted by molar-refractivity contribution is 0.0897. The molecule has 2 rings (SSSR count). The number of piperidine rings is 1. The number of likely N-dealkylation sites (tertiary alicyclic amines) is 1. The molecule has 1 unspecified atom stereocenters. The number of nitrogen functional groups attached to an aromatic ring is 1. The van der Waals surface area contributed by atoms with Gasteiger partial charge in [0.1, 0.15) is 0 Å². The maximum absolute atomic E-state index is 5.67. The molecule has 1 aromatic rings. The van der Waals surface area contributed by atoms with Crippen molar-refractivity contribution in [3.8, 4) is 0 Å². The Labute approximate surface area is 108 Å². The Balaban J connectivity index is 1.93. The summed E-state index contributed by atoms with van der Waals surface area (Å²) in [7, 11) is 0. The minimum Gasteiger partial charge on any atom is -0.375 e. The van der Waals surface area contributed by atoms with Gasteiger partial charge in [0.2, 0.25) is 0 Å². The molecule has 1 aliphatic rings. The summed E-state index contributed by atoms with van der Waals surface area (Å²) in [5, 5.41) is 0.688. The van der Waals surface area contributed by atoms with Crippen LogP contribution >= 0.6 is 11.3 Å². The number of hydrogen-bond donors (Lipinski definition) is 1. The standard InChI is InChI=1S/C13H23N3S/c1-3-5-13(2)6-4-7-16(10-13)9-11-8-15-12(14)17-11/h8H,3-7,9-10H2,1-2H3,(H2,14,15). The van der Waals surface area contributed by atoms with Gasteiger partial charge in [0.15, 0.2) is 5.13 Å². The van der Waals surface area contributed by atoms with E-state index in [0.717, 1.165) is 6.54 Å². The van der Waals surface area contributed by atoms with Gasteiger partial charge in [0, 0.05) is 24.2 Å². The minimum absolute atomic E-state index is 0.517. The fraction of sp³-hybridized carbons (Fsp3) is 0.769. The largest absolute Gasteiger partial charge is 0.375 e. The summed E-state index contributed by atoms with van der Waals surface area (Å²) in [6, 6.07) is 0. The van der Waals surface area contributed by atoms with Gasteiger partial charge in [-0.25, -0.2) is 4.98 Å². The van der Waals surface area contributed by atoms with Crippen LogP contribution in [0.4, 0.5) is 5.13 Å². The van der Waals surface area contributed by atoms with Crippen LogP contribution in [0.25, 0.3) is 0 Å². The second kappa shape index (κ2) is 5.36. The SMILES string of the molecule is CCCC1(C)CCCN(Cc2cnc(N)s2)C1. The summed E-state index contributed by atoms with van der Waals surface area (Å²) in [6.07, 6.45) is 7.25. The highest BCUT2D eigenvalue weighted by molar-refractivity contribution is 7.15. The van der Waals surface area contributed by atoms with Gasteiger partial charge in [-0.1, -0.05) is 20.3 Å². The molecule has 96 valence electrons. The topological polar surface area (TPSA) is 42.2 Å². The van der Waals surface area contributed by atoms with Crippen LogP contribution in [0, 0.1) is 5.41 Å². The van der Waals surface area contributed by atoms with Gasteiger partial charge >= 0.3 is 0 Å². The van der Waals surface area contributed by atoms with Crippen LogP contribution in [0.1, 0.15) is 44.4 Å². The van der Waals surface area contributed by atoms with Crippen molar-refractivity contribution >= 4 is 16.5 Å². The quantitative estimate of drug-likeness (QED) is 0.896. The average Bonchev–Trinajstić information content (AvgIpc) is 2.64. The van der Waals surface area contributed by atoms with Crippen LogP contribution in [0.15, 0.2) is 6.20 Å². The highest BCUT2D eigenvalue weighted by Gasteiger charge is 2.30. The first kappa shape index (κ1) is 12.8. The number of hydrogen-bond acceptors (Lipinski definition) is 4. The van der Waals surface area contributed by atoms with E-state index in [1.807, 2.05) is 6.20 Å². The van der Waals surface area contributed by atoms with E-state index < -0.39 is 0 Å². The van der Waals surface area contributed by atoms with Crippen LogP contribution in [0.3, 0.4) is 0 Å². The molecule has 1 aliphatic heterocycles. The Morgan fingerprint density at radius 2 is 2.41 bits per heavy atom. The average molecular weight is 253 g/mol. The van der Waals surface area contributed by atoms with Crippen molar-refractivity contribution in [2.45, 2.75) is 46.1 Å². The van der Waals surface area contributed by atoms with Crippen LogP contribution in [-0.4, -0.2) is 23.0 Å². The van der Waals surface area contributed by atoms with Gasteiger partial charge in [-0.2, -0.15) is 0 Å². The summed E-state index contributed by atoms with van der Waals surface area (Å²) in [4.78, 5) is 7.98. The summed E-state index contributed by atoms with van der Waals surface area (Å²) in [5.74, 6) is 0. The lowest BCUT2D eigenvalue weighted by atomic mass is 9.78. The van der Waals surface area contributed by atoms with Gasteiger partial charge in [0.25, 0.3) is 0 Å². The lowest BCUT2D eigenvalue weighted by Gasteiger charge is -2.40. The number of nitrogens with zero attached hydrogens (tertiary/aromatic N) is 2. The molecule has 2 N–H and O–H groups in total. The zero-order valence-electron chi connectivity index (χ0n) is 10.9. The summed E-state index contributed by atoms with van der Waals surface area (Å²) < 4.78 is 0. The first-order valence-corrected chi connectivity index (χ1v) is 7.35. The molecule has 1 fully saturated rings. The fourth-order valence-electron chi connectivity index (χ4n) is 2.99. The summed E-state index contributed by atoms with van der Waals surface area (Å²) in [5.41, 5.74) is 6.19. The van der Waals surface area contributed by atoms with E-state index in [2.05, 4.69) is 23.7 Å². The van der Waals surface area contributed by atoms with E-state index in [4.69, 9.17) is 5.73 Å². The molecule has 1 aromatic heterocycles. The predicted molar refractivity (Wildman–Crippen MR) is 74.1 cm³/mol. The van der Waals surface area contributed by atoms with Gasteiger partial charge in [-0.3, -0.25) is 4.90 Å². The van der Waals surface area contributed by atoms with Crippen LogP contribution in [0.5, 0.6) is 0 Å². The molecule has 0 spiro atoms. The molecule has 1 atom stereocenters. The maximum atomic E-state index is 5.67. The molecule has 17 heavy (non-hydrogen) atoms. The molecular formula is C13H23N3S. The second-order valence-corrected chi connectivity index (χ2v) is 6.69. The molecule has 0 amide bonds. The van der Waals surface area contributed by atoms with Crippen molar-refractivity contribution in [2.75, 3.05) is 18.8 Å².